The van der Waals surface area contributed by atoms with Crippen molar-refractivity contribution >= 4 is 12.2 Å². The number of amides is 2. The van der Waals surface area contributed by atoms with E-state index in [1.807, 2.05) is 51.1 Å². The maximum Gasteiger partial charge on any atom is 0.410 e. The topological polar surface area (TPSA) is 77.1 Å². The summed E-state index contributed by atoms with van der Waals surface area (Å²) in [5.74, 6) is 0. The van der Waals surface area contributed by atoms with Crippen molar-refractivity contribution in [2.45, 2.75) is 51.9 Å². The van der Waals surface area contributed by atoms with Crippen LogP contribution in [0.2, 0.25) is 0 Å². The molecule has 27 heavy (non-hydrogen) atoms. The van der Waals surface area contributed by atoms with Crippen molar-refractivity contribution in [1.29, 1.82) is 0 Å². The van der Waals surface area contributed by atoms with Crippen LogP contribution in [0.5, 0.6) is 0 Å². The van der Waals surface area contributed by atoms with Crippen LogP contribution in [0, 0.1) is 0 Å². The van der Waals surface area contributed by atoms with E-state index in [9.17, 15) is 9.59 Å². The second kappa shape index (κ2) is 10.2. The second-order valence-electron chi connectivity index (χ2n) is 7.55. The first-order chi connectivity index (χ1) is 12.8. The molecule has 1 fully saturated rings. The standard InChI is InChI=1S/C20H30N2O5/c1-20(2,3)27-18(23)21-11-7-13-25-17-10-12-22(14-17)19(24)26-15-16-8-5-4-6-9-16/h4-6,8-9,17H,7,10-15H2,1-3H3,(H,21,23)/t17-/m0/s1. The summed E-state index contributed by atoms with van der Waals surface area (Å²) in [5.41, 5.74) is 0.471. The average Bonchev–Trinajstić information content (AvgIpc) is 3.08. The van der Waals surface area contributed by atoms with Gasteiger partial charge in [0.15, 0.2) is 0 Å². The SMILES string of the molecule is CC(C)(C)OC(=O)NCCCO[C@H]1CCN(C(=O)OCc2ccccc2)C1. The van der Waals surface area contributed by atoms with E-state index < -0.39 is 11.7 Å². The zero-order valence-electron chi connectivity index (χ0n) is 16.4. The Balaban J connectivity index is 1.55. The van der Waals surface area contributed by atoms with E-state index in [1.54, 1.807) is 4.90 Å². The fourth-order valence-electron chi connectivity index (χ4n) is 2.67. The van der Waals surface area contributed by atoms with E-state index in [-0.39, 0.29) is 18.8 Å². The molecule has 0 aromatic heterocycles. The van der Waals surface area contributed by atoms with Crippen molar-refractivity contribution in [3.8, 4) is 0 Å². The van der Waals surface area contributed by atoms with Gasteiger partial charge in [-0.15, -0.1) is 0 Å². The maximum absolute atomic E-state index is 12.1. The molecule has 2 rings (SSSR count). The highest BCUT2D eigenvalue weighted by molar-refractivity contribution is 5.68. The summed E-state index contributed by atoms with van der Waals surface area (Å²) < 4.78 is 16.3. The normalized spacial score (nSPS) is 16.9. The number of nitrogens with one attached hydrogen (secondary N) is 1. The number of rotatable bonds is 7. The Labute approximate surface area is 161 Å². The number of benzene rings is 1. The minimum absolute atomic E-state index is 0.0100. The molecule has 0 radical (unpaired) electrons. The summed E-state index contributed by atoms with van der Waals surface area (Å²) in [7, 11) is 0. The molecule has 0 unspecified atom stereocenters. The molecule has 1 atom stereocenters. The minimum atomic E-state index is -0.497. The molecule has 0 spiro atoms. The van der Waals surface area contributed by atoms with Crippen molar-refractivity contribution in [3.05, 3.63) is 35.9 Å². The average molecular weight is 378 g/mol. The van der Waals surface area contributed by atoms with Crippen LogP contribution in [-0.4, -0.2) is 55.0 Å². The molecule has 7 nitrogen and oxygen atoms in total. The summed E-state index contributed by atoms with van der Waals surface area (Å²) >= 11 is 0. The van der Waals surface area contributed by atoms with Gasteiger partial charge in [0, 0.05) is 19.7 Å². The number of likely N-dealkylation sites (tertiary alicyclic amines) is 1. The first-order valence-electron chi connectivity index (χ1n) is 9.37. The third kappa shape index (κ3) is 8.30. The number of carbonyl (C=O) groups excluding carboxylic acids is 2. The highest BCUT2D eigenvalue weighted by Gasteiger charge is 2.27. The van der Waals surface area contributed by atoms with Gasteiger partial charge >= 0.3 is 12.2 Å². The van der Waals surface area contributed by atoms with E-state index in [4.69, 9.17) is 14.2 Å². The van der Waals surface area contributed by atoms with Gasteiger partial charge in [-0.1, -0.05) is 30.3 Å². The van der Waals surface area contributed by atoms with E-state index in [2.05, 4.69) is 5.32 Å². The van der Waals surface area contributed by atoms with Gasteiger partial charge in [0.25, 0.3) is 0 Å². The van der Waals surface area contributed by atoms with Crippen LogP contribution in [0.4, 0.5) is 9.59 Å². The fraction of sp³-hybridized carbons (Fsp3) is 0.600. The summed E-state index contributed by atoms with van der Waals surface area (Å²) in [6.45, 7) is 7.93. The van der Waals surface area contributed by atoms with E-state index in [1.165, 1.54) is 0 Å². The molecular weight excluding hydrogens is 348 g/mol. The van der Waals surface area contributed by atoms with Gasteiger partial charge in [0.1, 0.15) is 12.2 Å². The van der Waals surface area contributed by atoms with Crippen molar-refractivity contribution < 1.29 is 23.8 Å². The van der Waals surface area contributed by atoms with Crippen LogP contribution in [-0.2, 0) is 20.8 Å². The predicted molar refractivity (Wildman–Crippen MR) is 101 cm³/mol. The minimum Gasteiger partial charge on any atom is -0.445 e. The monoisotopic (exact) mass is 378 g/mol. The van der Waals surface area contributed by atoms with Gasteiger partial charge < -0.3 is 24.4 Å². The fourth-order valence-corrected chi connectivity index (χ4v) is 2.67. The zero-order chi connectivity index (χ0) is 19.7. The number of hydrogen-bond donors (Lipinski definition) is 1. The quantitative estimate of drug-likeness (QED) is 0.737. The van der Waals surface area contributed by atoms with Gasteiger partial charge in [-0.05, 0) is 39.2 Å². The molecule has 1 heterocycles. The lowest BCUT2D eigenvalue weighted by molar-refractivity contribution is 0.0457. The van der Waals surface area contributed by atoms with Crippen LogP contribution < -0.4 is 5.32 Å². The number of alkyl carbamates (subject to hydrolysis) is 1. The Kier molecular flexibility index (Phi) is 7.91. The molecule has 2 amide bonds. The molecule has 1 aliphatic heterocycles. The van der Waals surface area contributed by atoms with Gasteiger partial charge in [0.05, 0.1) is 12.6 Å². The molecule has 1 aromatic carbocycles. The molecule has 1 aliphatic rings. The van der Waals surface area contributed by atoms with Crippen LogP contribution >= 0.6 is 0 Å². The number of ether oxygens (including phenoxy) is 3. The lowest BCUT2D eigenvalue weighted by Crippen LogP contribution is -2.33. The first kappa shape index (κ1) is 21.0. The van der Waals surface area contributed by atoms with Crippen molar-refractivity contribution in [2.24, 2.45) is 0 Å². The third-order valence-corrected chi connectivity index (χ3v) is 3.95. The molecule has 1 aromatic rings. The summed E-state index contributed by atoms with van der Waals surface area (Å²) in [5, 5.41) is 2.70. The van der Waals surface area contributed by atoms with Crippen LogP contribution in [0.25, 0.3) is 0 Å². The Hall–Kier alpha value is -2.28. The highest BCUT2D eigenvalue weighted by atomic mass is 16.6. The van der Waals surface area contributed by atoms with E-state index in [0.717, 1.165) is 12.0 Å². The Morgan fingerprint density at radius 1 is 1.22 bits per heavy atom. The number of nitrogens with zero attached hydrogens (tertiary/aromatic N) is 1. The Morgan fingerprint density at radius 2 is 1.96 bits per heavy atom. The zero-order valence-corrected chi connectivity index (χ0v) is 16.4. The molecule has 1 saturated heterocycles. The first-order valence-corrected chi connectivity index (χ1v) is 9.37. The predicted octanol–water partition coefficient (Wildman–Crippen LogP) is 3.33. The second-order valence-corrected chi connectivity index (χ2v) is 7.55. The number of carbonyl (C=O) groups is 2. The van der Waals surface area contributed by atoms with Crippen molar-refractivity contribution in [3.63, 3.8) is 0 Å². The molecule has 0 saturated carbocycles. The number of hydrogen-bond acceptors (Lipinski definition) is 5. The summed E-state index contributed by atoms with van der Waals surface area (Å²) in [6.07, 6.45) is 0.761. The third-order valence-electron chi connectivity index (χ3n) is 3.95. The van der Waals surface area contributed by atoms with Gasteiger partial charge in [-0.25, -0.2) is 9.59 Å². The van der Waals surface area contributed by atoms with Crippen LogP contribution in [0.3, 0.4) is 0 Å². The highest BCUT2D eigenvalue weighted by Crippen LogP contribution is 2.15. The van der Waals surface area contributed by atoms with Gasteiger partial charge in [-0.2, -0.15) is 0 Å². The van der Waals surface area contributed by atoms with Crippen molar-refractivity contribution in [1.82, 2.24) is 10.2 Å². The molecule has 0 aliphatic carbocycles. The van der Waals surface area contributed by atoms with Gasteiger partial charge in [-0.3, -0.25) is 0 Å². The van der Waals surface area contributed by atoms with Gasteiger partial charge in [0.2, 0.25) is 0 Å². The maximum atomic E-state index is 12.1. The van der Waals surface area contributed by atoms with E-state index in [0.29, 0.717) is 32.7 Å². The van der Waals surface area contributed by atoms with E-state index >= 15 is 0 Å². The molecule has 1 N–H and O–H groups in total. The molecule has 7 heteroatoms. The van der Waals surface area contributed by atoms with Crippen molar-refractivity contribution in [2.75, 3.05) is 26.2 Å². The van der Waals surface area contributed by atoms with Crippen LogP contribution in [0.1, 0.15) is 39.2 Å². The summed E-state index contributed by atoms with van der Waals surface area (Å²) in [6, 6.07) is 9.61. The largest absolute Gasteiger partial charge is 0.445 e. The molecular formula is C20H30N2O5. The lowest BCUT2D eigenvalue weighted by atomic mass is 10.2. The Bertz CT molecular complexity index is 600. The lowest BCUT2D eigenvalue weighted by Gasteiger charge is -2.19. The molecule has 150 valence electrons. The van der Waals surface area contributed by atoms with Crippen LogP contribution in [0.15, 0.2) is 30.3 Å². The summed E-state index contributed by atoms with van der Waals surface area (Å²) in [4.78, 5) is 25.3. The Morgan fingerprint density at radius 3 is 2.67 bits per heavy atom. The smallest absolute Gasteiger partial charge is 0.410 e. The molecule has 0 bridgehead atoms.